The van der Waals surface area contributed by atoms with E-state index in [4.69, 9.17) is 14.2 Å². The van der Waals surface area contributed by atoms with E-state index in [1.54, 1.807) is 61.5 Å². The monoisotopic (exact) mass is 455 g/mol. The van der Waals surface area contributed by atoms with E-state index in [1.807, 2.05) is 6.92 Å². The van der Waals surface area contributed by atoms with Crippen LogP contribution in [0.15, 0.2) is 42.5 Å². The van der Waals surface area contributed by atoms with E-state index in [-0.39, 0.29) is 29.9 Å². The smallest absolute Gasteiger partial charge is 0.259 e. The highest BCUT2D eigenvalue weighted by Gasteiger charge is 2.25. The van der Waals surface area contributed by atoms with Gasteiger partial charge in [0.2, 0.25) is 0 Å². The van der Waals surface area contributed by atoms with E-state index in [0.29, 0.717) is 41.5 Å². The Morgan fingerprint density at radius 1 is 1.18 bits per heavy atom. The summed E-state index contributed by atoms with van der Waals surface area (Å²) in [5, 5.41) is 6.33. The minimum atomic E-state index is -0.309. The van der Waals surface area contributed by atoms with Crippen LogP contribution in [-0.2, 0) is 4.74 Å². The molecule has 0 radical (unpaired) electrons. The molecule has 1 aliphatic rings. The first-order valence-electron chi connectivity index (χ1n) is 11.1. The highest BCUT2D eigenvalue weighted by molar-refractivity contribution is 6.06. The van der Waals surface area contributed by atoms with Crippen molar-refractivity contribution in [3.8, 4) is 11.5 Å². The van der Waals surface area contributed by atoms with E-state index < -0.39 is 0 Å². The van der Waals surface area contributed by atoms with Crippen molar-refractivity contribution in [1.82, 2.24) is 10.2 Å². The number of nitrogens with zero attached hydrogens (tertiary/aromatic N) is 1. The van der Waals surface area contributed by atoms with Gasteiger partial charge < -0.3 is 29.7 Å². The molecule has 8 heteroatoms. The third kappa shape index (κ3) is 6.03. The number of fused-ring (bicyclic) bond motifs is 1. The number of rotatable bonds is 4. The quantitative estimate of drug-likeness (QED) is 0.737. The van der Waals surface area contributed by atoms with Crippen molar-refractivity contribution in [2.45, 2.75) is 26.0 Å². The van der Waals surface area contributed by atoms with E-state index in [0.717, 1.165) is 6.54 Å². The lowest BCUT2D eigenvalue weighted by molar-refractivity contribution is 0.0281. The largest absolute Gasteiger partial charge is 0.496 e. The molecule has 178 valence electrons. The molecule has 3 atom stereocenters. The van der Waals surface area contributed by atoms with Crippen LogP contribution in [0.2, 0.25) is 0 Å². The molecular formula is C25H33N3O5. The molecule has 33 heavy (non-hydrogen) atoms. The van der Waals surface area contributed by atoms with Gasteiger partial charge in [-0.2, -0.15) is 0 Å². The number of ether oxygens (including phenoxy) is 3. The molecule has 2 amide bonds. The normalized spacial score (nSPS) is 21.8. The molecule has 1 heterocycles. The number of nitrogens with one attached hydrogen (secondary N) is 2. The molecule has 2 N–H and O–H groups in total. The van der Waals surface area contributed by atoms with Crippen molar-refractivity contribution in [3.63, 3.8) is 0 Å². The number of hydrogen-bond donors (Lipinski definition) is 2. The molecule has 0 aromatic heterocycles. The number of hydrogen-bond acceptors (Lipinski definition) is 6. The van der Waals surface area contributed by atoms with Crippen LogP contribution in [0.25, 0.3) is 0 Å². The van der Waals surface area contributed by atoms with E-state index in [1.165, 1.54) is 7.11 Å². The fourth-order valence-electron chi connectivity index (χ4n) is 3.76. The number of carbonyl (C=O) groups excluding carboxylic acids is 2. The predicted octanol–water partition coefficient (Wildman–Crippen LogP) is 3.04. The molecule has 1 aliphatic heterocycles. The summed E-state index contributed by atoms with van der Waals surface area (Å²) in [5.41, 5.74) is 1.38. The Balaban J connectivity index is 1.88. The predicted molar refractivity (Wildman–Crippen MR) is 127 cm³/mol. The van der Waals surface area contributed by atoms with Gasteiger partial charge in [0.25, 0.3) is 11.8 Å². The first kappa shape index (κ1) is 24.5. The van der Waals surface area contributed by atoms with Crippen LogP contribution in [0.3, 0.4) is 0 Å². The number of methoxy groups -OCH3 is 2. The maximum atomic E-state index is 13.2. The standard InChI is InChI=1S/C25H33N3O5/c1-16-13-26-17(2)15-33-22-12-18(27-24(29)19-8-6-7-9-21(19)31-4)10-11-20(22)25(30)28(3)14-23(16)32-5/h6-12,16-17,23,26H,13-15H2,1-5H3,(H,27,29)/t16-,17+,23-/m1/s1. The molecule has 2 aromatic carbocycles. The summed E-state index contributed by atoms with van der Waals surface area (Å²) in [7, 11) is 4.94. The molecule has 8 nitrogen and oxygen atoms in total. The van der Waals surface area contributed by atoms with Crippen molar-refractivity contribution in [1.29, 1.82) is 0 Å². The van der Waals surface area contributed by atoms with Crippen molar-refractivity contribution in [2.24, 2.45) is 5.92 Å². The fraction of sp³-hybridized carbons (Fsp3) is 0.440. The average molecular weight is 456 g/mol. The maximum Gasteiger partial charge on any atom is 0.259 e. The molecule has 0 spiro atoms. The minimum absolute atomic E-state index is 0.0666. The third-order valence-corrected chi connectivity index (χ3v) is 5.84. The number of likely N-dealkylation sites (N-methyl/N-ethyl adjacent to an activating group) is 1. The van der Waals surface area contributed by atoms with Crippen LogP contribution in [0.1, 0.15) is 34.6 Å². The van der Waals surface area contributed by atoms with Crippen molar-refractivity contribution < 1.29 is 23.8 Å². The van der Waals surface area contributed by atoms with E-state index in [9.17, 15) is 9.59 Å². The molecule has 2 aromatic rings. The average Bonchev–Trinajstić information content (AvgIpc) is 2.83. The van der Waals surface area contributed by atoms with E-state index in [2.05, 4.69) is 17.6 Å². The first-order valence-corrected chi connectivity index (χ1v) is 11.1. The topological polar surface area (TPSA) is 89.1 Å². The molecular weight excluding hydrogens is 422 g/mol. The second-order valence-corrected chi connectivity index (χ2v) is 8.42. The zero-order valence-corrected chi connectivity index (χ0v) is 19.9. The third-order valence-electron chi connectivity index (χ3n) is 5.84. The Morgan fingerprint density at radius 2 is 1.94 bits per heavy atom. The first-order chi connectivity index (χ1) is 15.8. The van der Waals surface area contributed by atoms with Crippen LogP contribution in [0.4, 0.5) is 5.69 Å². The number of anilines is 1. The van der Waals surface area contributed by atoms with Crippen molar-refractivity contribution in [3.05, 3.63) is 53.6 Å². The summed E-state index contributed by atoms with van der Waals surface area (Å²) in [4.78, 5) is 27.7. The second kappa shape index (κ2) is 11.2. The number of para-hydroxylation sites is 1. The summed E-state index contributed by atoms with van der Waals surface area (Å²) >= 11 is 0. The molecule has 0 unspecified atom stereocenters. The highest BCUT2D eigenvalue weighted by Crippen LogP contribution is 2.27. The Bertz CT molecular complexity index is 980. The Kier molecular flexibility index (Phi) is 8.30. The van der Waals surface area contributed by atoms with Gasteiger partial charge in [-0.05, 0) is 37.1 Å². The van der Waals surface area contributed by atoms with Crippen LogP contribution in [0.5, 0.6) is 11.5 Å². The summed E-state index contributed by atoms with van der Waals surface area (Å²) in [5.74, 6) is 0.648. The number of carbonyl (C=O) groups is 2. The van der Waals surface area contributed by atoms with Gasteiger partial charge in [-0.25, -0.2) is 0 Å². The van der Waals surface area contributed by atoms with Gasteiger partial charge in [0, 0.05) is 45.0 Å². The summed E-state index contributed by atoms with van der Waals surface area (Å²) < 4.78 is 17.0. The zero-order valence-electron chi connectivity index (χ0n) is 19.9. The summed E-state index contributed by atoms with van der Waals surface area (Å²) in [6.07, 6.45) is -0.0955. The molecule has 3 rings (SSSR count). The van der Waals surface area contributed by atoms with Crippen molar-refractivity contribution in [2.75, 3.05) is 46.3 Å². The zero-order chi connectivity index (χ0) is 24.0. The van der Waals surface area contributed by atoms with Crippen LogP contribution < -0.4 is 20.1 Å². The highest BCUT2D eigenvalue weighted by atomic mass is 16.5. The number of amides is 2. The molecule has 0 fully saturated rings. The fourth-order valence-corrected chi connectivity index (χ4v) is 3.76. The van der Waals surface area contributed by atoms with E-state index >= 15 is 0 Å². The molecule has 0 saturated heterocycles. The summed E-state index contributed by atoms with van der Waals surface area (Å²) in [6, 6.07) is 12.1. The Morgan fingerprint density at radius 3 is 2.67 bits per heavy atom. The Labute approximate surface area is 195 Å². The van der Waals surface area contributed by atoms with Gasteiger partial charge in [0.1, 0.15) is 18.1 Å². The molecule has 0 aliphatic carbocycles. The van der Waals surface area contributed by atoms with Crippen LogP contribution >= 0.6 is 0 Å². The van der Waals surface area contributed by atoms with Crippen LogP contribution in [0, 0.1) is 5.92 Å². The molecule has 0 bridgehead atoms. The second-order valence-electron chi connectivity index (χ2n) is 8.42. The minimum Gasteiger partial charge on any atom is -0.496 e. The van der Waals surface area contributed by atoms with Crippen LogP contribution in [-0.4, -0.2) is 69.8 Å². The molecule has 0 saturated carbocycles. The number of benzene rings is 2. The van der Waals surface area contributed by atoms with Gasteiger partial charge in [0.05, 0.1) is 24.3 Å². The SMILES string of the molecule is COc1ccccc1C(=O)Nc1ccc2c(c1)OC[C@H](C)NC[C@@H](C)[C@H](OC)CN(C)C2=O. The lowest BCUT2D eigenvalue weighted by Gasteiger charge is -2.30. The van der Waals surface area contributed by atoms with Gasteiger partial charge in [0.15, 0.2) is 0 Å². The lowest BCUT2D eigenvalue weighted by atomic mass is 10.0. The van der Waals surface area contributed by atoms with Gasteiger partial charge in [-0.15, -0.1) is 0 Å². The van der Waals surface area contributed by atoms with Gasteiger partial charge in [-0.3, -0.25) is 9.59 Å². The van der Waals surface area contributed by atoms with Crippen molar-refractivity contribution >= 4 is 17.5 Å². The summed E-state index contributed by atoms with van der Waals surface area (Å²) in [6.45, 7) is 5.70. The lowest BCUT2D eigenvalue weighted by Crippen LogP contribution is -2.44. The Hall–Kier alpha value is -3.10. The van der Waals surface area contributed by atoms with Gasteiger partial charge in [-0.1, -0.05) is 19.1 Å². The van der Waals surface area contributed by atoms with Gasteiger partial charge >= 0.3 is 0 Å². The maximum absolute atomic E-state index is 13.2.